The van der Waals surface area contributed by atoms with Gasteiger partial charge in [-0.25, -0.2) is 4.39 Å². The Bertz CT molecular complexity index is 378. The van der Waals surface area contributed by atoms with Crippen molar-refractivity contribution in [1.29, 1.82) is 0 Å². The van der Waals surface area contributed by atoms with E-state index in [1.54, 1.807) is 0 Å². The molecule has 11 heteroatoms. The van der Waals surface area contributed by atoms with E-state index in [-0.39, 0.29) is 0 Å². The Morgan fingerprint density at radius 3 is 1.47 bits per heavy atom. The lowest BCUT2D eigenvalue weighted by molar-refractivity contribution is -0.114. The van der Waals surface area contributed by atoms with Crippen molar-refractivity contribution in [3.63, 3.8) is 0 Å². The maximum atomic E-state index is 12.1. The van der Waals surface area contributed by atoms with Crippen molar-refractivity contribution in [2.24, 2.45) is 0 Å². The predicted octanol–water partition coefficient (Wildman–Crippen LogP) is 2.18. The molecule has 90 valence electrons. The monoisotopic (exact) mass is 262 g/mol. The summed E-state index contributed by atoms with van der Waals surface area (Å²) in [6.45, 7) is 0. The fourth-order valence-corrected chi connectivity index (χ4v) is 0.682. The normalized spacial score (nSPS) is 16.3. The standard InChI is InChI=1S/C4HF7O3S/c5-1(3(7,8)9)2(6)4(10,11)15(12,13)14/h(H,12,13,14)/b2-1+. The van der Waals surface area contributed by atoms with Crippen LogP contribution in [-0.4, -0.2) is 24.4 Å². The summed E-state index contributed by atoms with van der Waals surface area (Å²) in [5, 5.41) is -5.98. The molecule has 0 aliphatic heterocycles. The number of halogens is 7. The van der Waals surface area contributed by atoms with Gasteiger partial charge in [-0.05, 0) is 0 Å². The van der Waals surface area contributed by atoms with Crippen LogP contribution in [0.1, 0.15) is 0 Å². The Morgan fingerprint density at radius 2 is 1.27 bits per heavy atom. The van der Waals surface area contributed by atoms with Crippen LogP contribution in [0.4, 0.5) is 30.7 Å². The molecule has 0 aromatic carbocycles. The molecule has 0 aromatic rings. The molecule has 0 radical (unpaired) electrons. The minimum Gasteiger partial charge on any atom is -0.281 e. The van der Waals surface area contributed by atoms with Crippen LogP contribution in [0.5, 0.6) is 0 Å². The lowest BCUT2D eigenvalue weighted by Crippen LogP contribution is -2.31. The molecule has 0 amide bonds. The molecule has 0 rings (SSSR count). The molecule has 0 bridgehead atoms. The molecular formula is C4HF7O3S. The summed E-state index contributed by atoms with van der Waals surface area (Å²) in [4.78, 5) is 0. The molecule has 3 nitrogen and oxygen atoms in total. The second-order valence-electron chi connectivity index (χ2n) is 2.12. The second kappa shape index (κ2) is 3.63. The quantitative estimate of drug-likeness (QED) is 0.613. The summed E-state index contributed by atoms with van der Waals surface area (Å²) in [6, 6.07) is 0. The molecule has 0 aliphatic rings. The lowest BCUT2D eigenvalue weighted by Gasteiger charge is -2.12. The average Bonchev–Trinajstić information content (AvgIpc) is 1.97. The Kier molecular flexibility index (Phi) is 3.42. The first kappa shape index (κ1) is 14.2. The highest BCUT2D eigenvalue weighted by molar-refractivity contribution is 7.87. The summed E-state index contributed by atoms with van der Waals surface area (Å²) in [7, 11) is -6.51. The Morgan fingerprint density at radius 1 is 0.933 bits per heavy atom. The Balaban J connectivity index is 5.65. The molecular weight excluding hydrogens is 261 g/mol. The van der Waals surface area contributed by atoms with Crippen LogP contribution in [0.3, 0.4) is 0 Å². The van der Waals surface area contributed by atoms with Crippen LogP contribution < -0.4 is 0 Å². The van der Waals surface area contributed by atoms with Gasteiger partial charge in [-0.1, -0.05) is 0 Å². The van der Waals surface area contributed by atoms with Crippen molar-refractivity contribution in [3.8, 4) is 0 Å². The minimum atomic E-state index is -6.51. The Hall–Kier alpha value is -0.840. The van der Waals surface area contributed by atoms with Gasteiger partial charge in [-0.2, -0.15) is 34.8 Å². The van der Waals surface area contributed by atoms with Gasteiger partial charge >= 0.3 is 21.5 Å². The van der Waals surface area contributed by atoms with Crippen molar-refractivity contribution >= 4 is 10.1 Å². The van der Waals surface area contributed by atoms with Crippen LogP contribution in [0.2, 0.25) is 0 Å². The zero-order valence-corrected chi connectivity index (χ0v) is 7.13. The van der Waals surface area contributed by atoms with E-state index < -0.39 is 33.2 Å². The van der Waals surface area contributed by atoms with Gasteiger partial charge < -0.3 is 0 Å². The van der Waals surface area contributed by atoms with Gasteiger partial charge in [0.15, 0.2) is 0 Å². The van der Waals surface area contributed by atoms with Gasteiger partial charge in [0.05, 0.1) is 0 Å². The molecule has 0 saturated carbocycles. The van der Waals surface area contributed by atoms with Crippen molar-refractivity contribution in [2.75, 3.05) is 0 Å². The SMILES string of the molecule is O=S(=O)(O)C(F)(F)/C(F)=C(\F)C(F)(F)F. The maximum absolute atomic E-state index is 12.1. The van der Waals surface area contributed by atoms with E-state index in [4.69, 9.17) is 4.55 Å². The highest BCUT2D eigenvalue weighted by atomic mass is 32.2. The summed E-state index contributed by atoms with van der Waals surface area (Å²) < 4.78 is 109. The highest BCUT2D eigenvalue weighted by Gasteiger charge is 2.55. The molecule has 1 N–H and O–H groups in total. The van der Waals surface area contributed by atoms with E-state index >= 15 is 0 Å². The zero-order chi connectivity index (χ0) is 12.7. The molecule has 0 unspecified atom stereocenters. The molecule has 0 saturated heterocycles. The van der Waals surface area contributed by atoms with Crippen molar-refractivity contribution in [1.82, 2.24) is 0 Å². The lowest BCUT2D eigenvalue weighted by atomic mass is 10.4. The number of rotatable bonds is 2. The molecule has 0 aromatic heterocycles. The number of alkyl halides is 5. The van der Waals surface area contributed by atoms with Crippen LogP contribution in [-0.2, 0) is 10.1 Å². The van der Waals surface area contributed by atoms with Crippen LogP contribution >= 0.6 is 0 Å². The molecule has 15 heavy (non-hydrogen) atoms. The van der Waals surface area contributed by atoms with E-state index in [1.807, 2.05) is 0 Å². The van der Waals surface area contributed by atoms with Gasteiger partial charge in [-0.3, -0.25) is 4.55 Å². The first-order valence-electron chi connectivity index (χ1n) is 2.79. The average molecular weight is 262 g/mol. The van der Waals surface area contributed by atoms with Gasteiger partial charge in [-0.15, -0.1) is 0 Å². The number of allylic oxidation sites excluding steroid dienone is 1. The van der Waals surface area contributed by atoms with E-state index in [0.717, 1.165) is 0 Å². The first-order valence-corrected chi connectivity index (χ1v) is 4.23. The van der Waals surface area contributed by atoms with Gasteiger partial charge in [0, 0.05) is 0 Å². The summed E-state index contributed by atoms with van der Waals surface area (Å²) in [6.07, 6.45) is -6.11. The summed E-state index contributed by atoms with van der Waals surface area (Å²) in [5.41, 5.74) is 0. The smallest absolute Gasteiger partial charge is 0.281 e. The molecule has 0 atom stereocenters. The molecule has 0 fully saturated rings. The van der Waals surface area contributed by atoms with Crippen molar-refractivity contribution in [2.45, 2.75) is 11.4 Å². The minimum absolute atomic E-state index is 3.92. The molecule has 0 spiro atoms. The third-order valence-electron chi connectivity index (χ3n) is 1.02. The van der Waals surface area contributed by atoms with Crippen LogP contribution in [0.15, 0.2) is 11.7 Å². The molecule has 0 heterocycles. The van der Waals surface area contributed by atoms with E-state index in [9.17, 15) is 39.2 Å². The van der Waals surface area contributed by atoms with Crippen molar-refractivity contribution < 1.29 is 43.7 Å². The third kappa shape index (κ3) is 2.81. The van der Waals surface area contributed by atoms with Gasteiger partial charge in [0.25, 0.3) is 0 Å². The fourth-order valence-electron chi connectivity index (χ4n) is 0.365. The second-order valence-corrected chi connectivity index (χ2v) is 3.58. The summed E-state index contributed by atoms with van der Waals surface area (Å²) >= 11 is 0. The largest absolute Gasteiger partial charge is 0.445 e. The highest BCUT2D eigenvalue weighted by Crippen LogP contribution is 2.39. The van der Waals surface area contributed by atoms with Gasteiger partial charge in [0.1, 0.15) is 0 Å². The van der Waals surface area contributed by atoms with Gasteiger partial charge in [0.2, 0.25) is 11.7 Å². The zero-order valence-electron chi connectivity index (χ0n) is 6.32. The van der Waals surface area contributed by atoms with E-state index in [1.165, 1.54) is 0 Å². The maximum Gasteiger partial charge on any atom is 0.445 e. The number of hydrogen-bond acceptors (Lipinski definition) is 2. The number of hydrogen-bond donors (Lipinski definition) is 1. The van der Waals surface area contributed by atoms with Crippen LogP contribution in [0, 0.1) is 0 Å². The topological polar surface area (TPSA) is 54.4 Å². The van der Waals surface area contributed by atoms with Crippen LogP contribution in [0.25, 0.3) is 0 Å². The third-order valence-corrected chi connectivity index (χ3v) is 1.85. The summed E-state index contributed by atoms with van der Waals surface area (Å²) in [5.74, 6) is -7.84. The van der Waals surface area contributed by atoms with Crippen molar-refractivity contribution in [3.05, 3.63) is 11.7 Å². The van der Waals surface area contributed by atoms with E-state index in [2.05, 4.69) is 0 Å². The molecule has 0 aliphatic carbocycles. The van der Waals surface area contributed by atoms with E-state index in [0.29, 0.717) is 0 Å². The fraction of sp³-hybridized carbons (Fsp3) is 0.500. The first-order chi connectivity index (χ1) is 6.32. The Labute approximate surface area is 77.9 Å². The predicted molar refractivity (Wildman–Crippen MR) is 31.8 cm³/mol.